The minimum absolute atomic E-state index is 0.0928. The van der Waals surface area contributed by atoms with Crippen LogP contribution in [0.2, 0.25) is 0 Å². The second kappa shape index (κ2) is 4.14. The molecule has 0 bridgehead atoms. The van der Waals surface area contributed by atoms with Gasteiger partial charge in [-0.1, -0.05) is 20.4 Å². The van der Waals surface area contributed by atoms with Crippen molar-refractivity contribution >= 4 is 11.8 Å². The van der Waals surface area contributed by atoms with Crippen LogP contribution in [-0.2, 0) is 9.59 Å². The Labute approximate surface area is 90.3 Å². The Morgan fingerprint density at radius 2 is 2.13 bits per heavy atom. The van der Waals surface area contributed by atoms with Gasteiger partial charge in [-0.2, -0.15) is 0 Å². The Bertz CT molecular complexity index is 308. The van der Waals surface area contributed by atoms with Crippen molar-refractivity contribution in [1.82, 2.24) is 10.2 Å². The molecule has 2 amide bonds. The third-order valence-corrected chi connectivity index (χ3v) is 2.53. The highest BCUT2D eigenvalue weighted by molar-refractivity contribution is 6.05. The van der Waals surface area contributed by atoms with E-state index >= 15 is 0 Å². The van der Waals surface area contributed by atoms with Crippen LogP contribution in [0.3, 0.4) is 0 Å². The van der Waals surface area contributed by atoms with E-state index in [1.54, 1.807) is 13.8 Å². The molecule has 1 saturated heterocycles. The van der Waals surface area contributed by atoms with Gasteiger partial charge >= 0.3 is 0 Å². The fourth-order valence-electron chi connectivity index (χ4n) is 1.72. The summed E-state index contributed by atoms with van der Waals surface area (Å²) in [5, 5.41) is 2.94. The summed E-state index contributed by atoms with van der Waals surface area (Å²) in [6.07, 6.45) is 0.304. The van der Waals surface area contributed by atoms with Crippen LogP contribution in [0.15, 0.2) is 12.2 Å². The molecule has 0 aromatic carbocycles. The van der Waals surface area contributed by atoms with Crippen LogP contribution in [0.4, 0.5) is 0 Å². The topological polar surface area (TPSA) is 49.4 Å². The van der Waals surface area contributed by atoms with Crippen molar-refractivity contribution in [3.05, 3.63) is 12.2 Å². The molecule has 0 saturated carbocycles. The van der Waals surface area contributed by atoms with Crippen molar-refractivity contribution in [2.45, 2.75) is 20.3 Å². The highest BCUT2D eigenvalue weighted by Gasteiger charge is 2.44. The van der Waals surface area contributed by atoms with E-state index in [1.165, 1.54) is 4.90 Å². The van der Waals surface area contributed by atoms with Gasteiger partial charge in [-0.15, -0.1) is 0 Å². The van der Waals surface area contributed by atoms with Gasteiger partial charge in [-0.3, -0.25) is 14.5 Å². The van der Waals surface area contributed by atoms with Gasteiger partial charge < -0.3 is 5.32 Å². The summed E-state index contributed by atoms with van der Waals surface area (Å²) < 4.78 is 0. The Balaban J connectivity index is 2.67. The summed E-state index contributed by atoms with van der Waals surface area (Å²) in [4.78, 5) is 24.7. The van der Waals surface area contributed by atoms with Crippen LogP contribution >= 0.6 is 0 Å². The highest BCUT2D eigenvalue weighted by atomic mass is 16.2. The molecule has 1 rings (SSSR count). The predicted octanol–water partition coefficient (Wildman–Crippen LogP) is 0.547. The summed E-state index contributed by atoms with van der Waals surface area (Å²) in [6.45, 7) is 8.37. The molecule has 0 atom stereocenters. The molecule has 0 radical (unpaired) electrons. The zero-order chi connectivity index (χ0) is 11.6. The molecule has 1 N–H and O–H groups in total. The zero-order valence-electron chi connectivity index (χ0n) is 9.59. The van der Waals surface area contributed by atoms with Crippen molar-refractivity contribution in [3.63, 3.8) is 0 Å². The number of carbonyl (C=O) groups is 2. The van der Waals surface area contributed by atoms with E-state index in [1.807, 2.05) is 7.05 Å². The van der Waals surface area contributed by atoms with Crippen LogP contribution in [0.1, 0.15) is 20.3 Å². The predicted molar refractivity (Wildman–Crippen MR) is 58.2 cm³/mol. The molecule has 4 heteroatoms. The van der Waals surface area contributed by atoms with Crippen molar-refractivity contribution in [1.29, 1.82) is 0 Å². The normalized spacial score (nSPS) is 19.8. The van der Waals surface area contributed by atoms with Crippen molar-refractivity contribution < 1.29 is 9.59 Å². The van der Waals surface area contributed by atoms with Crippen LogP contribution in [0, 0.1) is 5.41 Å². The average molecular weight is 210 g/mol. The molecule has 0 aromatic rings. The Morgan fingerprint density at radius 1 is 1.53 bits per heavy atom. The van der Waals surface area contributed by atoms with Gasteiger partial charge in [0.05, 0.1) is 12.0 Å². The number of nitrogens with zero attached hydrogens (tertiary/aromatic N) is 1. The van der Waals surface area contributed by atoms with Crippen LogP contribution < -0.4 is 5.32 Å². The summed E-state index contributed by atoms with van der Waals surface area (Å²) in [5.41, 5.74) is 0.300. The number of carbonyl (C=O) groups excluding carboxylic acids is 2. The molecule has 1 aliphatic rings. The lowest BCUT2D eigenvalue weighted by Crippen LogP contribution is -2.35. The lowest BCUT2D eigenvalue weighted by molar-refractivity contribution is -0.140. The first kappa shape index (κ1) is 11.9. The van der Waals surface area contributed by atoms with E-state index in [-0.39, 0.29) is 11.8 Å². The third kappa shape index (κ3) is 2.45. The molecule has 0 aromatic heterocycles. The van der Waals surface area contributed by atoms with Gasteiger partial charge in [0.1, 0.15) is 0 Å². The number of likely N-dealkylation sites (N-methyl/N-ethyl adjacent to an activating group) is 1. The number of nitrogens with one attached hydrogen (secondary N) is 1. The van der Waals surface area contributed by atoms with Gasteiger partial charge in [-0.05, 0) is 12.6 Å². The third-order valence-electron chi connectivity index (χ3n) is 2.53. The maximum absolute atomic E-state index is 11.8. The molecule has 1 heterocycles. The van der Waals surface area contributed by atoms with Crippen molar-refractivity contribution in [2.75, 3.05) is 20.1 Å². The first-order chi connectivity index (χ1) is 6.88. The van der Waals surface area contributed by atoms with E-state index in [9.17, 15) is 9.59 Å². The fraction of sp³-hybridized carbons (Fsp3) is 0.636. The summed E-state index contributed by atoms with van der Waals surface area (Å²) >= 11 is 0. The van der Waals surface area contributed by atoms with Crippen LogP contribution in [0.25, 0.3) is 0 Å². The number of likely N-dealkylation sites (tertiary alicyclic amines) is 1. The number of hydrogen-bond acceptors (Lipinski definition) is 3. The minimum Gasteiger partial charge on any atom is -0.316 e. The Morgan fingerprint density at radius 3 is 2.53 bits per heavy atom. The van der Waals surface area contributed by atoms with Gasteiger partial charge in [0.2, 0.25) is 11.8 Å². The second-order valence-corrected chi connectivity index (χ2v) is 4.63. The molecular weight excluding hydrogens is 192 g/mol. The molecule has 0 spiro atoms. The van der Waals surface area contributed by atoms with Crippen molar-refractivity contribution in [2.24, 2.45) is 5.41 Å². The van der Waals surface area contributed by atoms with Gasteiger partial charge in [0.25, 0.3) is 0 Å². The SMILES string of the molecule is C=C(CNC)CN1C(=O)CC(C)(C)C1=O. The lowest BCUT2D eigenvalue weighted by atomic mass is 9.92. The van der Waals surface area contributed by atoms with E-state index < -0.39 is 5.41 Å². The number of rotatable bonds is 4. The Hall–Kier alpha value is -1.16. The van der Waals surface area contributed by atoms with Crippen molar-refractivity contribution in [3.8, 4) is 0 Å². The van der Waals surface area contributed by atoms with Gasteiger partial charge in [0, 0.05) is 13.0 Å². The molecule has 0 aliphatic carbocycles. The highest BCUT2D eigenvalue weighted by Crippen LogP contribution is 2.31. The average Bonchev–Trinajstić information content (AvgIpc) is 2.28. The molecule has 1 aliphatic heterocycles. The maximum atomic E-state index is 11.8. The molecule has 0 unspecified atom stereocenters. The molecular formula is C11H18N2O2. The Kier molecular flexibility index (Phi) is 3.29. The first-order valence-electron chi connectivity index (χ1n) is 5.04. The lowest BCUT2D eigenvalue weighted by Gasteiger charge is -2.18. The van der Waals surface area contributed by atoms with E-state index in [0.717, 1.165) is 5.57 Å². The van der Waals surface area contributed by atoms with E-state index in [4.69, 9.17) is 0 Å². The largest absolute Gasteiger partial charge is 0.316 e. The number of imide groups is 1. The van der Waals surface area contributed by atoms with Gasteiger partial charge in [0.15, 0.2) is 0 Å². The van der Waals surface area contributed by atoms with E-state index in [2.05, 4.69) is 11.9 Å². The summed E-state index contributed by atoms with van der Waals surface area (Å²) in [5.74, 6) is -0.188. The smallest absolute Gasteiger partial charge is 0.235 e. The number of hydrogen-bond donors (Lipinski definition) is 1. The minimum atomic E-state index is -0.545. The zero-order valence-corrected chi connectivity index (χ0v) is 9.59. The van der Waals surface area contributed by atoms with Gasteiger partial charge in [-0.25, -0.2) is 0 Å². The molecule has 15 heavy (non-hydrogen) atoms. The summed E-state index contributed by atoms with van der Waals surface area (Å²) in [7, 11) is 1.81. The first-order valence-corrected chi connectivity index (χ1v) is 5.04. The molecule has 4 nitrogen and oxygen atoms in total. The molecule has 84 valence electrons. The quantitative estimate of drug-likeness (QED) is 0.544. The standard InChI is InChI=1S/C11H18N2O2/c1-8(6-12-4)7-13-9(14)5-11(2,3)10(13)15/h12H,1,5-7H2,2-4H3. The van der Waals surface area contributed by atoms with Crippen LogP contribution in [-0.4, -0.2) is 36.9 Å². The number of amides is 2. The summed E-state index contributed by atoms with van der Waals surface area (Å²) in [6, 6.07) is 0. The fourth-order valence-corrected chi connectivity index (χ4v) is 1.72. The monoisotopic (exact) mass is 210 g/mol. The maximum Gasteiger partial charge on any atom is 0.235 e. The second-order valence-electron chi connectivity index (χ2n) is 4.63. The van der Waals surface area contributed by atoms with E-state index in [0.29, 0.717) is 19.5 Å². The molecule has 1 fully saturated rings. The van der Waals surface area contributed by atoms with Crippen LogP contribution in [0.5, 0.6) is 0 Å².